The Labute approximate surface area is 122 Å². The van der Waals surface area contributed by atoms with E-state index in [9.17, 15) is 4.79 Å². The Bertz CT molecular complexity index is 566. The van der Waals surface area contributed by atoms with Gasteiger partial charge in [0.25, 0.3) is 0 Å². The van der Waals surface area contributed by atoms with Crippen LogP contribution in [0.5, 0.6) is 0 Å². The number of hydrogen-bond donors (Lipinski definition) is 3. The van der Waals surface area contributed by atoms with Crippen molar-refractivity contribution in [3.63, 3.8) is 0 Å². The molecule has 1 unspecified atom stereocenters. The van der Waals surface area contributed by atoms with Gasteiger partial charge in [-0.15, -0.1) is 17.5 Å². The second-order valence-electron chi connectivity index (χ2n) is 4.36. The molecule has 0 aromatic carbocycles. The van der Waals surface area contributed by atoms with Crippen molar-refractivity contribution >= 4 is 24.3 Å². The Morgan fingerprint density at radius 3 is 3.00 bits per heavy atom. The maximum Gasteiger partial charge on any atom is 0.249 e. The van der Waals surface area contributed by atoms with Gasteiger partial charge in [0.15, 0.2) is 5.82 Å². The molecule has 7 nitrogen and oxygen atoms in total. The normalized spacial score (nSPS) is 17.5. The van der Waals surface area contributed by atoms with Gasteiger partial charge in [0.2, 0.25) is 11.9 Å². The number of carbonyl (C=O) groups is 1. The molecular formula is C12H15ClN6O. The van der Waals surface area contributed by atoms with Gasteiger partial charge in [-0.3, -0.25) is 20.2 Å². The molecule has 8 heteroatoms. The molecular weight excluding hydrogens is 280 g/mol. The molecule has 20 heavy (non-hydrogen) atoms. The van der Waals surface area contributed by atoms with Crippen LogP contribution in [0.2, 0.25) is 0 Å². The van der Waals surface area contributed by atoms with E-state index in [0.717, 1.165) is 19.4 Å². The molecule has 1 aliphatic heterocycles. The van der Waals surface area contributed by atoms with Crippen molar-refractivity contribution in [1.82, 2.24) is 25.5 Å². The quantitative estimate of drug-likeness (QED) is 0.784. The van der Waals surface area contributed by atoms with Gasteiger partial charge in [0.1, 0.15) is 5.69 Å². The van der Waals surface area contributed by atoms with Crippen molar-refractivity contribution in [3.8, 4) is 11.5 Å². The van der Waals surface area contributed by atoms with Crippen molar-refractivity contribution in [2.24, 2.45) is 0 Å². The van der Waals surface area contributed by atoms with Crippen LogP contribution in [0.4, 0.5) is 5.95 Å². The Hall–Kier alpha value is -1.99. The second kappa shape index (κ2) is 6.44. The van der Waals surface area contributed by atoms with Crippen LogP contribution in [0.25, 0.3) is 11.5 Å². The van der Waals surface area contributed by atoms with Crippen molar-refractivity contribution in [2.75, 3.05) is 11.9 Å². The zero-order valence-corrected chi connectivity index (χ0v) is 11.5. The molecule has 3 rings (SSSR count). The number of carbonyl (C=O) groups excluding carboxylic acids is 1. The van der Waals surface area contributed by atoms with Crippen LogP contribution in [0, 0.1) is 0 Å². The van der Waals surface area contributed by atoms with E-state index in [0.29, 0.717) is 11.5 Å². The maximum absolute atomic E-state index is 11.9. The van der Waals surface area contributed by atoms with Crippen molar-refractivity contribution in [2.45, 2.75) is 18.9 Å². The lowest BCUT2D eigenvalue weighted by molar-refractivity contribution is -0.117. The van der Waals surface area contributed by atoms with E-state index in [2.05, 4.69) is 30.8 Å². The first-order valence-electron chi connectivity index (χ1n) is 6.21. The van der Waals surface area contributed by atoms with Crippen molar-refractivity contribution in [1.29, 1.82) is 0 Å². The summed E-state index contributed by atoms with van der Waals surface area (Å²) < 4.78 is 0. The Morgan fingerprint density at radius 1 is 1.40 bits per heavy atom. The molecule has 0 radical (unpaired) electrons. The van der Waals surface area contributed by atoms with Gasteiger partial charge in [-0.25, -0.2) is 0 Å². The molecule has 106 valence electrons. The van der Waals surface area contributed by atoms with Gasteiger partial charge < -0.3 is 5.32 Å². The molecule has 3 heterocycles. The summed E-state index contributed by atoms with van der Waals surface area (Å²) in [5, 5.41) is 12.5. The number of nitrogens with one attached hydrogen (secondary N) is 3. The molecule has 0 aliphatic carbocycles. The zero-order chi connectivity index (χ0) is 13.1. The number of anilines is 1. The van der Waals surface area contributed by atoms with E-state index in [4.69, 9.17) is 0 Å². The van der Waals surface area contributed by atoms with E-state index in [1.54, 1.807) is 6.20 Å². The maximum atomic E-state index is 11.9. The summed E-state index contributed by atoms with van der Waals surface area (Å²) in [7, 11) is 0. The fraction of sp³-hybridized carbons (Fsp3) is 0.333. The third-order valence-electron chi connectivity index (χ3n) is 3.00. The minimum absolute atomic E-state index is 0. The topological polar surface area (TPSA) is 95.6 Å². The van der Waals surface area contributed by atoms with Crippen LogP contribution in [-0.4, -0.2) is 38.7 Å². The molecule has 1 aliphatic rings. The second-order valence-corrected chi connectivity index (χ2v) is 4.36. The van der Waals surface area contributed by atoms with Gasteiger partial charge in [0.05, 0.1) is 6.04 Å². The fourth-order valence-corrected chi connectivity index (χ4v) is 2.04. The Morgan fingerprint density at radius 2 is 2.30 bits per heavy atom. The van der Waals surface area contributed by atoms with Crippen LogP contribution >= 0.6 is 12.4 Å². The number of nitrogens with zero attached hydrogens (tertiary/aromatic N) is 3. The Balaban J connectivity index is 0.00000147. The number of amides is 1. The van der Waals surface area contributed by atoms with Gasteiger partial charge in [0, 0.05) is 6.20 Å². The lowest BCUT2D eigenvalue weighted by atomic mass is 10.2. The van der Waals surface area contributed by atoms with Crippen LogP contribution in [-0.2, 0) is 4.79 Å². The number of rotatable bonds is 3. The van der Waals surface area contributed by atoms with E-state index in [1.807, 2.05) is 18.2 Å². The van der Waals surface area contributed by atoms with E-state index in [1.165, 1.54) is 0 Å². The largest absolute Gasteiger partial charge is 0.306 e. The number of pyridine rings is 1. The molecule has 3 N–H and O–H groups in total. The summed E-state index contributed by atoms with van der Waals surface area (Å²) in [5.74, 6) is 0.721. The van der Waals surface area contributed by atoms with Gasteiger partial charge >= 0.3 is 0 Å². The molecule has 2 aromatic heterocycles. The summed E-state index contributed by atoms with van der Waals surface area (Å²) in [4.78, 5) is 20.2. The SMILES string of the molecule is Cl.O=C(Nc1n[nH]c(-c2ccccn2)n1)C1CCCN1. The average Bonchev–Trinajstić information content (AvgIpc) is 3.11. The third-order valence-corrected chi connectivity index (χ3v) is 3.00. The highest BCUT2D eigenvalue weighted by Gasteiger charge is 2.23. The lowest BCUT2D eigenvalue weighted by Gasteiger charge is -2.07. The van der Waals surface area contributed by atoms with E-state index >= 15 is 0 Å². The monoisotopic (exact) mass is 294 g/mol. The lowest BCUT2D eigenvalue weighted by Crippen LogP contribution is -2.35. The fourth-order valence-electron chi connectivity index (χ4n) is 2.04. The van der Waals surface area contributed by atoms with E-state index < -0.39 is 0 Å². The molecule has 1 atom stereocenters. The molecule has 0 spiro atoms. The highest BCUT2D eigenvalue weighted by molar-refractivity contribution is 5.93. The number of aromatic nitrogens is 4. The van der Waals surface area contributed by atoms with Crippen LogP contribution in [0.1, 0.15) is 12.8 Å². The van der Waals surface area contributed by atoms with Gasteiger partial charge in [-0.2, -0.15) is 4.98 Å². The highest BCUT2D eigenvalue weighted by Crippen LogP contribution is 2.13. The number of halogens is 1. The Kier molecular flexibility index (Phi) is 4.65. The predicted molar refractivity (Wildman–Crippen MR) is 76.5 cm³/mol. The molecule has 1 saturated heterocycles. The van der Waals surface area contributed by atoms with Crippen LogP contribution in [0.3, 0.4) is 0 Å². The molecule has 0 saturated carbocycles. The number of hydrogen-bond acceptors (Lipinski definition) is 5. The van der Waals surface area contributed by atoms with Gasteiger partial charge in [-0.1, -0.05) is 6.07 Å². The predicted octanol–water partition coefficient (Wildman–Crippen LogP) is 0.979. The third kappa shape index (κ3) is 3.12. The van der Waals surface area contributed by atoms with Crippen molar-refractivity contribution < 1.29 is 4.79 Å². The molecule has 1 amide bonds. The first kappa shape index (κ1) is 14.4. The van der Waals surface area contributed by atoms with Crippen LogP contribution in [0.15, 0.2) is 24.4 Å². The summed E-state index contributed by atoms with van der Waals surface area (Å²) in [6.45, 7) is 0.880. The minimum atomic E-state index is -0.142. The summed E-state index contributed by atoms with van der Waals surface area (Å²) in [6.07, 6.45) is 3.55. The highest BCUT2D eigenvalue weighted by atomic mass is 35.5. The summed E-state index contributed by atoms with van der Waals surface area (Å²) in [6, 6.07) is 5.38. The van der Waals surface area contributed by atoms with Crippen molar-refractivity contribution in [3.05, 3.63) is 24.4 Å². The minimum Gasteiger partial charge on any atom is -0.306 e. The summed E-state index contributed by atoms with van der Waals surface area (Å²) in [5.41, 5.74) is 0.689. The first-order valence-corrected chi connectivity index (χ1v) is 6.21. The summed E-state index contributed by atoms with van der Waals surface area (Å²) >= 11 is 0. The molecule has 1 fully saturated rings. The molecule has 2 aromatic rings. The van der Waals surface area contributed by atoms with Crippen LogP contribution < -0.4 is 10.6 Å². The standard InChI is InChI=1S/C12H14N6O.ClH/c19-11(9-5-3-7-14-9)16-12-15-10(17-18-12)8-4-1-2-6-13-8;/h1-2,4,6,9,14H,3,5,7H2,(H2,15,16,17,18,19);1H. The molecule has 0 bridgehead atoms. The smallest absolute Gasteiger partial charge is 0.249 e. The first-order chi connectivity index (χ1) is 9.33. The van der Waals surface area contributed by atoms with Gasteiger partial charge in [-0.05, 0) is 31.5 Å². The average molecular weight is 295 g/mol. The number of H-pyrrole nitrogens is 1. The zero-order valence-electron chi connectivity index (χ0n) is 10.7. The number of aromatic amines is 1. The van der Waals surface area contributed by atoms with E-state index in [-0.39, 0.29) is 30.3 Å².